The van der Waals surface area contributed by atoms with Crippen molar-refractivity contribution in [1.29, 1.82) is 0 Å². The van der Waals surface area contributed by atoms with Crippen molar-refractivity contribution in [2.75, 3.05) is 87.6 Å². The van der Waals surface area contributed by atoms with Gasteiger partial charge >= 0.3 is 12.1 Å². The van der Waals surface area contributed by atoms with Crippen LogP contribution in [0.3, 0.4) is 0 Å². The molecule has 23 heteroatoms. The number of carbonyl (C=O) groups is 4. The van der Waals surface area contributed by atoms with Gasteiger partial charge in [0, 0.05) is 103 Å². The van der Waals surface area contributed by atoms with Crippen molar-refractivity contribution in [3.8, 4) is 22.8 Å². The van der Waals surface area contributed by atoms with E-state index in [-0.39, 0.29) is 43.2 Å². The number of nitrogen functional groups attached to an aromatic ring is 1. The molecule has 72 heavy (non-hydrogen) atoms. The van der Waals surface area contributed by atoms with E-state index in [9.17, 15) is 19.2 Å². The third-order valence-corrected chi connectivity index (χ3v) is 14.9. The van der Waals surface area contributed by atoms with Crippen molar-refractivity contribution in [3.05, 3.63) is 48.0 Å². The molecule has 1 saturated carbocycles. The van der Waals surface area contributed by atoms with E-state index in [4.69, 9.17) is 30.1 Å². The monoisotopic (exact) mass is 986 g/mol. The van der Waals surface area contributed by atoms with Crippen LogP contribution in [0.15, 0.2) is 35.4 Å². The number of piperidine rings is 2. The maximum atomic E-state index is 16.1. The van der Waals surface area contributed by atoms with E-state index in [1.807, 2.05) is 42.7 Å². The smallest absolute Gasteiger partial charge is 0.410 e. The molecule has 0 atom stereocenters. The van der Waals surface area contributed by atoms with E-state index in [2.05, 4.69) is 30.4 Å². The second-order valence-corrected chi connectivity index (χ2v) is 20.7. The van der Waals surface area contributed by atoms with Crippen LogP contribution in [0.1, 0.15) is 88.9 Å². The van der Waals surface area contributed by atoms with E-state index in [1.54, 1.807) is 29.0 Å². The molecular formula is C49H59FN16O6. The van der Waals surface area contributed by atoms with Gasteiger partial charge in [0.05, 0.1) is 22.2 Å². The van der Waals surface area contributed by atoms with Crippen LogP contribution >= 0.6 is 0 Å². The van der Waals surface area contributed by atoms with Gasteiger partial charge in [0.15, 0.2) is 35.5 Å². The van der Waals surface area contributed by atoms with Crippen molar-refractivity contribution in [1.82, 2.24) is 64.7 Å². The van der Waals surface area contributed by atoms with Gasteiger partial charge in [-0.05, 0) is 88.8 Å². The normalized spacial score (nSPS) is 19.0. The third kappa shape index (κ3) is 8.91. The fourth-order valence-corrected chi connectivity index (χ4v) is 10.7. The highest BCUT2D eigenvalue weighted by Crippen LogP contribution is 2.48. The summed E-state index contributed by atoms with van der Waals surface area (Å²) in [5.41, 5.74) is 10.1. The number of piperazine rings is 1. The molecule has 5 aliphatic rings. The van der Waals surface area contributed by atoms with E-state index in [0.717, 1.165) is 56.6 Å². The minimum Gasteiger partial charge on any atom is -0.439 e. The van der Waals surface area contributed by atoms with Gasteiger partial charge in [-0.3, -0.25) is 29.4 Å². The molecule has 0 radical (unpaired) electrons. The summed E-state index contributed by atoms with van der Waals surface area (Å²) >= 11 is 0. The van der Waals surface area contributed by atoms with Crippen LogP contribution in [0, 0.1) is 11.7 Å². The number of urea groups is 1. The number of hydrogen-bond acceptors (Lipinski definition) is 16. The second kappa shape index (κ2) is 18.7. The molecule has 4 saturated heterocycles. The molecule has 1 aliphatic carbocycles. The van der Waals surface area contributed by atoms with Crippen molar-refractivity contribution in [2.45, 2.75) is 83.1 Å². The zero-order chi connectivity index (χ0) is 50.0. The largest absolute Gasteiger partial charge is 0.439 e. The molecule has 1 aromatic carbocycles. The summed E-state index contributed by atoms with van der Waals surface area (Å²) in [5.74, 6) is 1.68. The second-order valence-electron chi connectivity index (χ2n) is 20.7. The number of benzene rings is 1. The van der Waals surface area contributed by atoms with Crippen LogP contribution in [-0.4, -0.2) is 155 Å². The predicted molar refractivity (Wildman–Crippen MR) is 262 cm³/mol. The highest BCUT2D eigenvalue weighted by Gasteiger charge is 2.38. The Hall–Kier alpha value is -7.30. The number of fused-ring (bicyclic) bond motifs is 2. The predicted octanol–water partition coefficient (Wildman–Crippen LogP) is 5.00. The van der Waals surface area contributed by atoms with Gasteiger partial charge in [0.2, 0.25) is 5.91 Å². The van der Waals surface area contributed by atoms with Gasteiger partial charge in [-0.1, -0.05) is 5.16 Å². The first-order valence-corrected chi connectivity index (χ1v) is 25.0. The van der Waals surface area contributed by atoms with Crippen molar-refractivity contribution in [2.24, 2.45) is 13.0 Å². The number of imide groups is 1. The zero-order valence-corrected chi connectivity index (χ0v) is 41.0. The molecule has 11 rings (SSSR count). The van der Waals surface area contributed by atoms with Crippen LogP contribution in [0.5, 0.6) is 0 Å². The Labute approximate surface area is 414 Å². The van der Waals surface area contributed by atoms with Crippen LogP contribution in [0.4, 0.5) is 31.3 Å². The summed E-state index contributed by atoms with van der Waals surface area (Å²) < 4.78 is 30.9. The minimum atomic E-state index is -0.562. The van der Waals surface area contributed by atoms with Crippen LogP contribution in [0.25, 0.3) is 44.7 Å². The molecule has 3 N–H and O–H groups in total. The Balaban J connectivity index is 0.633. The Bertz CT molecular complexity index is 3060. The first-order chi connectivity index (χ1) is 34.7. The molecule has 9 heterocycles. The van der Waals surface area contributed by atoms with Gasteiger partial charge in [-0.25, -0.2) is 38.6 Å². The van der Waals surface area contributed by atoms with Gasteiger partial charge in [-0.15, -0.1) is 0 Å². The number of halogens is 1. The number of anilines is 3. The minimum absolute atomic E-state index is 0.135. The number of amides is 5. The summed E-state index contributed by atoms with van der Waals surface area (Å²) in [6.45, 7) is 11.9. The first-order valence-electron chi connectivity index (χ1n) is 25.0. The lowest BCUT2D eigenvalue weighted by Gasteiger charge is -2.39. The number of nitrogens with one attached hydrogen (secondary N) is 1. The number of aryl methyl sites for hydroxylation is 1. The summed E-state index contributed by atoms with van der Waals surface area (Å²) in [6, 6.07) is 2.98. The molecule has 378 valence electrons. The van der Waals surface area contributed by atoms with Crippen molar-refractivity contribution >= 4 is 63.2 Å². The number of carbonyl (C=O) groups excluding carboxylic acids is 4. The highest BCUT2D eigenvalue weighted by molar-refractivity contribution is 6.09. The van der Waals surface area contributed by atoms with Crippen LogP contribution in [-0.2, 0) is 26.9 Å². The zero-order valence-electron chi connectivity index (χ0n) is 41.0. The van der Waals surface area contributed by atoms with Gasteiger partial charge in [-0.2, -0.15) is 10.2 Å². The number of rotatable bonds is 10. The highest BCUT2D eigenvalue weighted by atomic mass is 19.1. The average molecular weight is 987 g/mol. The van der Waals surface area contributed by atoms with E-state index in [1.165, 1.54) is 15.9 Å². The topological polar surface area (TPSA) is 245 Å². The quantitative estimate of drug-likeness (QED) is 0.183. The lowest BCUT2D eigenvalue weighted by atomic mass is 9.91. The molecule has 5 aromatic heterocycles. The number of hydrogen-bond donors (Lipinski definition) is 2. The fraction of sp³-hybridized carbons (Fsp3) is 0.531. The van der Waals surface area contributed by atoms with Crippen LogP contribution < -0.4 is 20.9 Å². The van der Waals surface area contributed by atoms with Gasteiger partial charge in [0.25, 0.3) is 5.91 Å². The molecule has 22 nitrogen and oxygen atoms in total. The summed E-state index contributed by atoms with van der Waals surface area (Å²) in [6.07, 6.45) is 9.84. The van der Waals surface area contributed by atoms with E-state index >= 15 is 4.39 Å². The summed E-state index contributed by atoms with van der Waals surface area (Å²) in [5, 5.41) is 17.3. The summed E-state index contributed by atoms with van der Waals surface area (Å²) in [7, 11) is 1.65. The van der Waals surface area contributed by atoms with Gasteiger partial charge < -0.3 is 29.7 Å². The third-order valence-electron chi connectivity index (χ3n) is 14.9. The fourth-order valence-electron chi connectivity index (χ4n) is 10.7. The molecule has 5 fully saturated rings. The maximum Gasteiger partial charge on any atom is 0.410 e. The van der Waals surface area contributed by atoms with Gasteiger partial charge in [0.1, 0.15) is 29.0 Å². The number of aromatic nitrogens is 9. The molecule has 0 unspecified atom stereocenters. The Morgan fingerprint density at radius 1 is 0.861 bits per heavy atom. The number of ether oxygens (including phenoxy) is 1. The molecule has 4 aliphatic heterocycles. The lowest BCUT2D eigenvalue weighted by molar-refractivity contribution is -0.136. The molecule has 0 spiro atoms. The molecule has 6 aromatic rings. The first kappa shape index (κ1) is 47.0. The van der Waals surface area contributed by atoms with Crippen molar-refractivity contribution < 1.29 is 32.8 Å². The lowest BCUT2D eigenvalue weighted by Crippen LogP contribution is -2.50. The van der Waals surface area contributed by atoms with E-state index < -0.39 is 23.5 Å². The Morgan fingerprint density at radius 2 is 1.58 bits per heavy atom. The SMILES string of the molecule is Cn1nc(N2CCC(=O)NC2=O)c2ccc(N3CCN(CC4CCN(C(=O)COC(=O)N5CCC(c6cnc(-c7c(-c8nn(C(C)(C)C)c9ncnc(N)c89)noc7C7CC7)nc6)CC5)CC4)CC3)c(F)c21. The Kier molecular flexibility index (Phi) is 12.2. The standard InChI is InChI=1S/C49H59FN16O6/c1-49(2,3)66-46-37(43(51)54-27-55-46)39(57-66)40-36(42(72-59-40)30-5-6-30)44-52-23-31(24-53-44)29-11-16-64(17-12-29)48(70)71-26-35(68)63-14-9-28(10-15-63)25-61-19-21-62(22-20-61)33-8-7-32-41(38(33)50)60(4)58-45(32)65-18-13-34(67)56-47(65)69/h7-8,23-24,27-30H,5-6,9-22,25-26H2,1-4H3,(H2,51,54,55)(H,56,67,69). The molecular weight excluding hydrogens is 928 g/mol. The number of nitrogens with zero attached hydrogens (tertiary/aromatic N) is 14. The molecule has 0 bridgehead atoms. The molecule has 5 amide bonds. The average Bonchev–Trinajstić information content (AvgIpc) is 3.84. The van der Waals surface area contributed by atoms with Crippen molar-refractivity contribution in [3.63, 3.8) is 0 Å². The van der Waals surface area contributed by atoms with Crippen LogP contribution in [0.2, 0.25) is 0 Å². The number of likely N-dealkylation sites (tertiary alicyclic amines) is 2. The Morgan fingerprint density at radius 3 is 2.28 bits per heavy atom. The maximum absolute atomic E-state index is 16.1. The summed E-state index contributed by atoms with van der Waals surface area (Å²) in [4.78, 5) is 78.3. The number of nitrogens with two attached hydrogens (primary N) is 1. The van der Waals surface area contributed by atoms with E-state index in [0.29, 0.717) is 120 Å².